The SMILES string of the molecule is CNC1CCN(S(=O)(=O)c2ccccc2)CC1C. The summed E-state index contributed by atoms with van der Waals surface area (Å²) in [6.45, 7) is 3.27. The number of rotatable bonds is 3. The summed E-state index contributed by atoms with van der Waals surface area (Å²) in [5.41, 5.74) is 0. The summed E-state index contributed by atoms with van der Waals surface area (Å²) in [5, 5.41) is 3.24. The van der Waals surface area contributed by atoms with Crippen molar-refractivity contribution in [1.29, 1.82) is 0 Å². The zero-order valence-electron chi connectivity index (χ0n) is 10.8. The van der Waals surface area contributed by atoms with Crippen LogP contribution in [0, 0.1) is 5.92 Å². The van der Waals surface area contributed by atoms with Crippen molar-refractivity contribution in [2.75, 3.05) is 20.1 Å². The van der Waals surface area contributed by atoms with E-state index < -0.39 is 10.0 Å². The Bertz CT molecular complexity index is 487. The molecule has 0 radical (unpaired) electrons. The molecule has 18 heavy (non-hydrogen) atoms. The van der Waals surface area contributed by atoms with Gasteiger partial charge in [-0.25, -0.2) is 8.42 Å². The summed E-state index contributed by atoms with van der Waals surface area (Å²) in [4.78, 5) is 0.389. The van der Waals surface area contributed by atoms with Crippen molar-refractivity contribution in [2.24, 2.45) is 5.92 Å². The first-order chi connectivity index (χ1) is 8.55. The largest absolute Gasteiger partial charge is 0.317 e. The Kier molecular flexibility index (Phi) is 4.04. The molecular formula is C13H20N2O2S. The van der Waals surface area contributed by atoms with Crippen molar-refractivity contribution >= 4 is 10.0 Å². The van der Waals surface area contributed by atoms with Crippen LogP contribution in [0.2, 0.25) is 0 Å². The Balaban J connectivity index is 2.18. The topological polar surface area (TPSA) is 49.4 Å². The smallest absolute Gasteiger partial charge is 0.243 e. The van der Waals surface area contributed by atoms with Crippen LogP contribution in [0.3, 0.4) is 0 Å². The van der Waals surface area contributed by atoms with Gasteiger partial charge in [-0.05, 0) is 31.5 Å². The van der Waals surface area contributed by atoms with E-state index in [9.17, 15) is 8.42 Å². The molecule has 0 aromatic heterocycles. The summed E-state index contributed by atoms with van der Waals surface area (Å²) in [6, 6.07) is 9.07. The molecule has 0 bridgehead atoms. The van der Waals surface area contributed by atoms with Crippen molar-refractivity contribution in [3.8, 4) is 0 Å². The highest BCUT2D eigenvalue weighted by Crippen LogP contribution is 2.23. The van der Waals surface area contributed by atoms with E-state index in [1.54, 1.807) is 28.6 Å². The lowest BCUT2D eigenvalue weighted by Crippen LogP contribution is -2.49. The lowest BCUT2D eigenvalue weighted by atomic mass is 9.96. The third-order valence-electron chi connectivity index (χ3n) is 3.62. The lowest BCUT2D eigenvalue weighted by Gasteiger charge is -2.35. The molecule has 1 aliphatic heterocycles. The molecule has 1 aromatic carbocycles. The normalized spacial score (nSPS) is 26.1. The molecule has 1 fully saturated rings. The second-order valence-corrected chi connectivity index (χ2v) is 6.78. The van der Waals surface area contributed by atoms with Gasteiger partial charge in [-0.1, -0.05) is 25.1 Å². The van der Waals surface area contributed by atoms with E-state index in [4.69, 9.17) is 0 Å². The Morgan fingerprint density at radius 3 is 2.50 bits per heavy atom. The van der Waals surface area contributed by atoms with Crippen molar-refractivity contribution in [1.82, 2.24) is 9.62 Å². The van der Waals surface area contributed by atoms with Gasteiger partial charge in [0, 0.05) is 19.1 Å². The van der Waals surface area contributed by atoms with Crippen molar-refractivity contribution in [3.05, 3.63) is 30.3 Å². The first kappa shape index (κ1) is 13.5. The predicted molar refractivity (Wildman–Crippen MR) is 71.8 cm³/mol. The van der Waals surface area contributed by atoms with E-state index in [1.807, 2.05) is 13.1 Å². The maximum atomic E-state index is 12.4. The van der Waals surface area contributed by atoms with Crippen LogP contribution in [0.15, 0.2) is 35.2 Å². The van der Waals surface area contributed by atoms with E-state index in [-0.39, 0.29) is 0 Å². The number of benzene rings is 1. The van der Waals surface area contributed by atoms with Gasteiger partial charge in [0.1, 0.15) is 0 Å². The third kappa shape index (κ3) is 2.58. The molecule has 100 valence electrons. The highest BCUT2D eigenvalue weighted by molar-refractivity contribution is 7.89. The minimum absolute atomic E-state index is 0.335. The van der Waals surface area contributed by atoms with E-state index >= 15 is 0 Å². The van der Waals surface area contributed by atoms with Crippen molar-refractivity contribution < 1.29 is 8.42 Å². The van der Waals surface area contributed by atoms with Gasteiger partial charge in [-0.2, -0.15) is 4.31 Å². The molecule has 0 spiro atoms. The number of hydrogen-bond donors (Lipinski definition) is 1. The number of sulfonamides is 1. The minimum atomic E-state index is -3.32. The summed E-state index contributed by atoms with van der Waals surface area (Å²) < 4.78 is 26.5. The third-order valence-corrected chi connectivity index (χ3v) is 5.50. The molecule has 0 saturated carbocycles. The molecule has 2 rings (SSSR count). The zero-order chi connectivity index (χ0) is 13.2. The van der Waals surface area contributed by atoms with Crippen LogP contribution in [0.4, 0.5) is 0 Å². The van der Waals surface area contributed by atoms with Gasteiger partial charge in [-0.15, -0.1) is 0 Å². The van der Waals surface area contributed by atoms with Gasteiger partial charge < -0.3 is 5.32 Å². The fourth-order valence-electron chi connectivity index (χ4n) is 2.50. The molecule has 1 N–H and O–H groups in total. The van der Waals surface area contributed by atoms with Gasteiger partial charge in [-0.3, -0.25) is 0 Å². The Morgan fingerprint density at radius 2 is 1.94 bits per heavy atom. The van der Waals surface area contributed by atoms with Crippen LogP contribution in [-0.2, 0) is 10.0 Å². The molecule has 1 heterocycles. The number of nitrogens with one attached hydrogen (secondary N) is 1. The van der Waals surface area contributed by atoms with Crippen LogP contribution in [0.5, 0.6) is 0 Å². The average molecular weight is 268 g/mol. The lowest BCUT2D eigenvalue weighted by molar-refractivity contribution is 0.228. The highest BCUT2D eigenvalue weighted by atomic mass is 32.2. The Hall–Kier alpha value is -0.910. The number of nitrogens with zero attached hydrogens (tertiary/aromatic N) is 1. The van der Waals surface area contributed by atoms with E-state index in [1.165, 1.54) is 0 Å². The molecule has 2 unspecified atom stereocenters. The average Bonchev–Trinajstić information content (AvgIpc) is 2.39. The van der Waals surface area contributed by atoms with Gasteiger partial charge >= 0.3 is 0 Å². The van der Waals surface area contributed by atoms with E-state index in [0.717, 1.165) is 6.42 Å². The molecule has 4 nitrogen and oxygen atoms in total. The van der Waals surface area contributed by atoms with E-state index in [2.05, 4.69) is 12.2 Å². The zero-order valence-corrected chi connectivity index (χ0v) is 11.7. The first-order valence-corrected chi connectivity index (χ1v) is 7.72. The minimum Gasteiger partial charge on any atom is -0.317 e. The van der Waals surface area contributed by atoms with Crippen LogP contribution < -0.4 is 5.32 Å². The molecule has 1 saturated heterocycles. The second kappa shape index (κ2) is 5.38. The van der Waals surface area contributed by atoms with E-state index in [0.29, 0.717) is 29.9 Å². The van der Waals surface area contributed by atoms with Crippen LogP contribution in [0.25, 0.3) is 0 Å². The summed E-state index contributed by atoms with van der Waals surface area (Å²) in [7, 11) is -1.39. The van der Waals surface area contributed by atoms with Gasteiger partial charge in [0.2, 0.25) is 10.0 Å². The summed E-state index contributed by atoms with van der Waals surface area (Å²) >= 11 is 0. The standard InChI is InChI=1S/C13H20N2O2S/c1-11-10-15(9-8-13(11)14-2)18(16,17)12-6-4-3-5-7-12/h3-7,11,13-14H,8-10H2,1-2H3. The maximum absolute atomic E-state index is 12.4. The van der Waals surface area contributed by atoms with Crippen LogP contribution in [-0.4, -0.2) is 38.9 Å². The maximum Gasteiger partial charge on any atom is 0.243 e. The van der Waals surface area contributed by atoms with Gasteiger partial charge in [0.15, 0.2) is 0 Å². The van der Waals surface area contributed by atoms with Crippen molar-refractivity contribution in [3.63, 3.8) is 0 Å². The summed E-state index contributed by atoms with van der Waals surface area (Å²) in [6.07, 6.45) is 0.865. The fraction of sp³-hybridized carbons (Fsp3) is 0.538. The van der Waals surface area contributed by atoms with Crippen LogP contribution in [0.1, 0.15) is 13.3 Å². The first-order valence-electron chi connectivity index (χ1n) is 6.28. The van der Waals surface area contributed by atoms with Gasteiger partial charge in [0.25, 0.3) is 0 Å². The molecule has 2 atom stereocenters. The molecule has 1 aliphatic rings. The highest BCUT2D eigenvalue weighted by Gasteiger charge is 2.32. The molecular weight excluding hydrogens is 248 g/mol. The predicted octanol–water partition coefficient (Wildman–Crippen LogP) is 1.31. The Morgan fingerprint density at radius 1 is 1.28 bits per heavy atom. The second-order valence-electron chi connectivity index (χ2n) is 4.84. The molecule has 1 aromatic rings. The monoisotopic (exact) mass is 268 g/mol. The van der Waals surface area contributed by atoms with Gasteiger partial charge in [0.05, 0.1) is 4.90 Å². The number of hydrogen-bond acceptors (Lipinski definition) is 3. The number of piperidine rings is 1. The fourth-order valence-corrected chi connectivity index (χ4v) is 4.07. The quantitative estimate of drug-likeness (QED) is 0.899. The molecule has 0 amide bonds. The Labute approximate surface area is 109 Å². The van der Waals surface area contributed by atoms with Crippen LogP contribution >= 0.6 is 0 Å². The van der Waals surface area contributed by atoms with Crippen molar-refractivity contribution in [2.45, 2.75) is 24.3 Å². The molecule has 5 heteroatoms. The molecule has 0 aliphatic carbocycles. The summed E-state index contributed by atoms with van der Waals surface area (Å²) in [5.74, 6) is 0.335.